The number of aromatic nitrogens is 1. The van der Waals surface area contributed by atoms with Gasteiger partial charge in [-0.05, 0) is 46.5 Å². The normalized spacial score (nSPS) is 21.2. The first-order valence-electron chi connectivity index (χ1n) is 11.8. The number of rotatable bonds is 6. The molecule has 1 aromatic heterocycles. The standard InChI is InChI=1S/C23H37N3O5S/c1-5-31-23(28)20-16(2)25(4)17(3)21(20)32(29,30)26-14-10-11-18(15-26)22(27)24-19-12-8-6-7-9-13-19/h18-19H,5-15H2,1-4H3,(H,24,27)/t18-/m0/s1. The van der Waals surface area contributed by atoms with Crippen LogP contribution in [0.25, 0.3) is 0 Å². The number of hydrogen-bond acceptors (Lipinski definition) is 5. The number of nitrogens with zero attached hydrogens (tertiary/aromatic N) is 2. The Kier molecular flexibility index (Phi) is 8.03. The minimum Gasteiger partial charge on any atom is -0.462 e. The number of sulfonamides is 1. The Labute approximate surface area is 191 Å². The average molecular weight is 468 g/mol. The van der Waals surface area contributed by atoms with Crippen LogP contribution in [0.5, 0.6) is 0 Å². The Hall–Kier alpha value is -1.87. The molecular weight excluding hydrogens is 430 g/mol. The fourth-order valence-corrected chi connectivity index (χ4v) is 6.93. The lowest BCUT2D eigenvalue weighted by molar-refractivity contribution is -0.126. The maximum absolute atomic E-state index is 13.7. The first-order valence-corrected chi connectivity index (χ1v) is 13.3. The topological polar surface area (TPSA) is 97.7 Å². The SMILES string of the molecule is CCOC(=O)c1c(S(=O)(=O)N2CCC[C@H](C(=O)NC3CCCCCC3)C2)c(C)n(C)c1C. The molecule has 0 spiro atoms. The van der Waals surface area contributed by atoms with Crippen molar-refractivity contribution < 1.29 is 22.7 Å². The largest absolute Gasteiger partial charge is 0.462 e. The van der Waals surface area contributed by atoms with Crippen LogP contribution in [-0.4, -0.2) is 54.9 Å². The molecule has 180 valence electrons. The van der Waals surface area contributed by atoms with E-state index in [0.717, 1.165) is 25.7 Å². The molecule has 1 aliphatic heterocycles. The van der Waals surface area contributed by atoms with E-state index >= 15 is 0 Å². The van der Waals surface area contributed by atoms with Gasteiger partial charge in [0.2, 0.25) is 15.9 Å². The van der Waals surface area contributed by atoms with Gasteiger partial charge < -0.3 is 14.6 Å². The lowest BCUT2D eigenvalue weighted by Crippen LogP contribution is -2.47. The zero-order valence-electron chi connectivity index (χ0n) is 19.8. The molecule has 9 heteroatoms. The quantitative estimate of drug-likeness (QED) is 0.512. The van der Waals surface area contributed by atoms with Gasteiger partial charge in [0.1, 0.15) is 10.5 Å². The van der Waals surface area contributed by atoms with E-state index in [2.05, 4.69) is 5.32 Å². The average Bonchev–Trinajstić information content (AvgIpc) is 2.94. The molecule has 0 unspecified atom stereocenters. The third kappa shape index (κ3) is 5.03. The van der Waals surface area contributed by atoms with Gasteiger partial charge in [-0.15, -0.1) is 0 Å². The van der Waals surface area contributed by atoms with Crippen molar-refractivity contribution in [2.45, 2.75) is 83.1 Å². The second kappa shape index (κ2) is 10.4. The lowest BCUT2D eigenvalue weighted by atomic mass is 9.97. The number of carbonyl (C=O) groups excluding carboxylic acids is 2. The van der Waals surface area contributed by atoms with Crippen LogP contribution in [0.4, 0.5) is 0 Å². The summed E-state index contributed by atoms with van der Waals surface area (Å²) in [5.41, 5.74) is 1.15. The van der Waals surface area contributed by atoms with Crippen LogP contribution in [0.3, 0.4) is 0 Å². The number of hydrogen-bond donors (Lipinski definition) is 1. The summed E-state index contributed by atoms with van der Waals surface area (Å²) in [4.78, 5) is 25.6. The minimum absolute atomic E-state index is 0.000719. The molecule has 1 N–H and O–H groups in total. The summed E-state index contributed by atoms with van der Waals surface area (Å²) in [7, 11) is -2.22. The summed E-state index contributed by atoms with van der Waals surface area (Å²) >= 11 is 0. The number of esters is 1. The zero-order chi connectivity index (χ0) is 23.5. The van der Waals surface area contributed by atoms with Gasteiger partial charge in [0, 0.05) is 37.6 Å². The molecule has 0 bridgehead atoms. The molecule has 32 heavy (non-hydrogen) atoms. The van der Waals surface area contributed by atoms with Crippen molar-refractivity contribution >= 4 is 21.9 Å². The summed E-state index contributed by atoms with van der Waals surface area (Å²) < 4.78 is 35.6. The van der Waals surface area contributed by atoms with Crippen molar-refractivity contribution in [3.05, 3.63) is 17.0 Å². The maximum Gasteiger partial charge on any atom is 0.341 e. The predicted octanol–water partition coefficient (Wildman–Crippen LogP) is 3.06. The fourth-order valence-electron chi connectivity index (χ4n) is 4.92. The molecule has 1 saturated heterocycles. The van der Waals surface area contributed by atoms with Gasteiger partial charge >= 0.3 is 5.97 Å². The Bertz CT molecular complexity index is 945. The van der Waals surface area contributed by atoms with E-state index in [0.29, 0.717) is 30.8 Å². The molecule has 2 aliphatic rings. The molecule has 1 saturated carbocycles. The van der Waals surface area contributed by atoms with Crippen molar-refractivity contribution in [1.29, 1.82) is 0 Å². The van der Waals surface area contributed by atoms with Crippen LogP contribution >= 0.6 is 0 Å². The number of nitrogens with one attached hydrogen (secondary N) is 1. The Balaban J connectivity index is 1.82. The third-order valence-electron chi connectivity index (χ3n) is 6.96. The number of ether oxygens (including phenoxy) is 1. The van der Waals surface area contributed by atoms with Crippen LogP contribution < -0.4 is 5.32 Å². The molecular formula is C23H37N3O5S. The third-order valence-corrected chi connectivity index (χ3v) is 8.98. The van der Waals surface area contributed by atoms with E-state index < -0.39 is 16.0 Å². The van der Waals surface area contributed by atoms with E-state index in [1.807, 2.05) is 0 Å². The zero-order valence-corrected chi connectivity index (χ0v) is 20.6. The van der Waals surface area contributed by atoms with E-state index in [-0.39, 0.29) is 41.5 Å². The van der Waals surface area contributed by atoms with Gasteiger partial charge in [-0.2, -0.15) is 4.31 Å². The number of amides is 1. The fraction of sp³-hybridized carbons (Fsp3) is 0.739. The minimum atomic E-state index is -3.96. The molecule has 1 aliphatic carbocycles. The first-order chi connectivity index (χ1) is 15.2. The summed E-state index contributed by atoms with van der Waals surface area (Å²) in [6, 6.07) is 0.186. The monoisotopic (exact) mass is 467 g/mol. The molecule has 8 nitrogen and oxygen atoms in total. The van der Waals surface area contributed by atoms with Crippen molar-refractivity contribution in [2.75, 3.05) is 19.7 Å². The van der Waals surface area contributed by atoms with Crippen molar-refractivity contribution in [1.82, 2.24) is 14.2 Å². The highest BCUT2D eigenvalue weighted by molar-refractivity contribution is 7.89. The van der Waals surface area contributed by atoms with Gasteiger partial charge in [0.05, 0.1) is 12.5 Å². The van der Waals surface area contributed by atoms with E-state index in [1.165, 1.54) is 17.1 Å². The lowest BCUT2D eigenvalue weighted by Gasteiger charge is -2.32. The predicted molar refractivity (Wildman–Crippen MR) is 122 cm³/mol. The first kappa shape index (κ1) is 24.8. The summed E-state index contributed by atoms with van der Waals surface area (Å²) in [6.07, 6.45) is 7.93. The number of carbonyl (C=O) groups is 2. The second-order valence-electron chi connectivity index (χ2n) is 9.05. The second-order valence-corrected chi connectivity index (χ2v) is 10.9. The molecule has 3 rings (SSSR count). The van der Waals surface area contributed by atoms with Crippen LogP contribution in [0.15, 0.2) is 4.90 Å². The highest BCUT2D eigenvalue weighted by Crippen LogP contribution is 2.32. The Morgan fingerprint density at radius 2 is 1.69 bits per heavy atom. The highest BCUT2D eigenvalue weighted by Gasteiger charge is 2.39. The van der Waals surface area contributed by atoms with Crippen molar-refractivity contribution in [3.63, 3.8) is 0 Å². The number of piperidine rings is 1. The van der Waals surface area contributed by atoms with Gasteiger partial charge in [-0.3, -0.25) is 4.79 Å². The molecule has 2 heterocycles. The molecule has 0 radical (unpaired) electrons. The molecule has 1 aromatic rings. The van der Waals surface area contributed by atoms with Crippen LogP contribution in [0.2, 0.25) is 0 Å². The van der Waals surface area contributed by atoms with Crippen LogP contribution in [0, 0.1) is 19.8 Å². The summed E-state index contributed by atoms with van der Waals surface area (Å²) in [6.45, 7) is 5.75. The maximum atomic E-state index is 13.7. The van der Waals surface area contributed by atoms with E-state index in [9.17, 15) is 18.0 Å². The van der Waals surface area contributed by atoms with E-state index in [1.54, 1.807) is 32.4 Å². The highest BCUT2D eigenvalue weighted by atomic mass is 32.2. The van der Waals surface area contributed by atoms with Gasteiger partial charge in [-0.25, -0.2) is 13.2 Å². The van der Waals surface area contributed by atoms with Crippen LogP contribution in [-0.2, 0) is 26.6 Å². The van der Waals surface area contributed by atoms with Crippen LogP contribution in [0.1, 0.15) is 80.0 Å². The van der Waals surface area contributed by atoms with Gasteiger partial charge in [0.25, 0.3) is 0 Å². The molecule has 2 fully saturated rings. The molecule has 0 aromatic carbocycles. The Morgan fingerprint density at radius 3 is 2.31 bits per heavy atom. The van der Waals surface area contributed by atoms with Crippen molar-refractivity contribution in [3.8, 4) is 0 Å². The van der Waals surface area contributed by atoms with Gasteiger partial charge in [-0.1, -0.05) is 25.7 Å². The van der Waals surface area contributed by atoms with E-state index in [4.69, 9.17) is 4.74 Å². The van der Waals surface area contributed by atoms with Crippen molar-refractivity contribution in [2.24, 2.45) is 13.0 Å². The summed E-state index contributed by atoms with van der Waals surface area (Å²) in [5, 5.41) is 3.17. The Morgan fingerprint density at radius 1 is 1.03 bits per heavy atom. The molecule has 1 atom stereocenters. The summed E-state index contributed by atoms with van der Waals surface area (Å²) in [5.74, 6) is -1.06. The smallest absolute Gasteiger partial charge is 0.341 e. The van der Waals surface area contributed by atoms with Gasteiger partial charge in [0.15, 0.2) is 0 Å². The molecule has 1 amide bonds.